The summed E-state index contributed by atoms with van der Waals surface area (Å²) in [5.41, 5.74) is 5.29. The first-order valence-electron chi connectivity index (χ1n) is 9.10. The van der Waals surface area contributed by atoms with Crippen LogP contribution in [0.5, 0.6) is 0 Å². The molecule has 0 radical (unpaired) electrons. The van der Waals surface area contributed by atoms with Gasteiger partial charge in [-0.05, 0) is 79.4 Å². The zero-order valence-electron chi connectivity index (χ0n) is 15.0. The Hall–Kier alpha value is -0.120. The lowest BCUT2D eigenvalue weighted by atomic mass is 9.50. The van der Waals surface area contributed by atoms with Crippen LogP contribution in [0, 0.1) is 22.7 Å². The van der Waals surface area contributed by atoms with Crippen LogP contribution in [0.1, 0.15) is 52.4 Å². The molecule has 0 heterocycles. The third-order valence-corrected chi connectivity index (χ3v) is 7.99. The van der Waals surface area contributed by atoms with Gasteiger partial charge in [0, 0.05) is 5.25 Å². The number of thiocarbonyl (C=S) groups is 1. The summed E-state index contributed by atoms with van der Waals surface area (Å²) in [6.45, 7) is 4.73. The van der Waals surface area contributed by atoms with Gasteiger partial charge >= 0.3 is 0 Å². The molecule has 0 amide bonds. The fourth-order valence-electron chi connectivity index (χ4n) is 5.29. The van der Waals surface area contributed by atoms with Crippen molar-refractivity contribution >= 4 is 29.3 Å². The molecule has 5 unspecified atom stereocenters. The Kier molecular flexibility index (Phi) is 6.94. The number of hydrogen-bond acceptors (Lipinski definition) is 3. The number of thioether (sulfide) groups is 1. The number of nitrogens with two attached hydrogens (primary N) is 1. The van der Waals surface area contributed by atoms with E-state index in [9.17, 15) is 0 Å². The van der Waals surface area contributed by atoms with Crippen LogP contribution < -0.4 is 5.73 Å². The largest absolute Gasteiger partial charge is 0.333 e. The molecular formula is C20H33NS2. The second-order valence-electron chi connectivity index (χ2n) is 7.67. The highest BCUT2D eigenvalue weighted by atomic mass is 32.2. The van der Waals surface area contributed by atoms with E-state index < -0.39 is 0 Å². The highest BCUT2D eigenvalue weighted by Gasteiger charge is 2.52. The van der Waals surface area contributed by atoms with Crippen molar-refractivity contribution in [2.24, 2.45) is 28.4 Å². The molecule has 0 aromatic rings. The molecule has 0 saturated heterocycles. The molecule has 130 valence electrons. The molecule has 0 aromatic carbocycles. The van der Waals surface area contributed by atoms with E-state index in [0.29, 0.717) is 5.41 Å². The SMILES string of the molecule is CCSC1CCC2(C3C=CC=CC3)CC1CC(C)(C=S)C2.CN. The lowest BCUT2D eigenvalue weighted by molar-refractivity contribution is -0.00356. The van der Waals surface area contributed by atoms with Crippen molar-refractivity contribution in [2.75, 3.05) is 12.8 Å². The van der Waals surface area contributed by atoms with Crippen molar-refractivity contribution in [3.8, 4) is 0 Å². The van der Waals surface area contributed by atoms with E-state index in [-0.39, 0.29) is 5.41 Å². The summed E-state index contributed by atoms with van der Waals surface area (Å²) in [6, 6.07) is 0. The van der Waals surface area contributed by atoms with Crippen LogP contribution in [0.25, 0.3) is 0 Å². The van der Waals surface area contributed by atoms with E-state index in [1.165, 1.54) is 51.3 Å². The molecule has 0 aromatic heterocycles. The van der Waals surface area contributed by atoms with Gasteiger partial charge in [0.05, 0.1) is 0 Å². The molecule has 3 aliphatic rings. The molecule has 2 N–H and O–H groups in total. The first kappa shape index (κ1) is 19.2. The summed E-state index contributed by atoms with van der Waals surface area (Å²) in [5.74, 6) is 2.88. The molecule has 1 nitrogen and oxygen atoms in total. The zero-order valence-corrected chi connectivity index (χ0v) is 16.6. The van der Waals surface area contributed by atoms with Gasteiger partial charge in [-0.25, -0.2) is 0 Å². The maximum atomic E-state index is 5.45. The van der Waals surface area contributed by atoms with Gasteiger partial charge in [-0.3, -0.25) is 0 Å². The van der Waals surface area contributed by atoms with E-state index in [0.717, 1.165) is 17.1 Å². The Labute approximate surface area is 152 Å². The lowest BCUT2D eigenvalue weighted by Crippen LogP contribution is -2.49. The number of fused-ring (bicyclic) bond motifs is 2. The Morgan fingerprint density at radius 1 is 1.30 bits per heavy atom. The summed E-state index contributed by atoms with van der Waals surface area (Å²) in [4.78, 5) is 0. The second-order valence-corrected chi connectivity index (χ2v) is 9.42. The third-order valence-electron chi connectivity index (χ3n) is 6.04. The predicted octanol–water partition coefficient (Wildman–Crippen LogP) is 5.40. The zero-order chi connectivity index (χ0) is 16.9. The Morgan fingerprint density at radius 2 is 2.09 bits per heavy atom. The topological polar surface area (TPSA) is 26.0 Å². The van der Waals surface area contributed by atoms with Crippen molar-refractivity contribution in [1.82, 2.24) is 0 Å². The molecule has 0 aliphatic heterocycles. The fourth-order valence-corrected chi connectivity index (χ4v) is 6.64. The van der Waals surface area contributed by atoms with Crippen LogP contribution in [-0.2, 0) is 0 Å². The van der Waals surface area contributed by atoms with Gasteiger partial charge in [-0.15, -0.1) is 0 Å². The number of hydrogen-bond donors (Lipinski definition) is 1. The monoisotopic (exact) mass is 351 g/mol. The van der Waals surface area contributed by atoms with E-state index in [1.807, 2.05) is 0 Å². The van der Waals surface area contributed by atoms with Gasteiger partial charge in [-0.2, -0.15) is 11.8 Å². The molecule has 2 fully saturated rings. The summed E-state index contributed by atoms with van der Waals surface area (Å²) >= 11 is 7.65. The maximum Gasteiger partial charge on any atom is 0.00759 e. The van der Waals surface area contributed by atoms with E-state index >= 15 is 0 Å². The number of rotatable bonds is 4. The Balaban J connectivity index is 0.000000924. The molecule has 0 spiro atoms. The van der Waals surface area contributed by atoms with Crippen molar-refractivity contribution in [2.45, 2.75) is 57.6 Å². The first-order chi connectivity index (χ1) is 11.1. The van der Waals surface area contributed by atoms with Crippen LogP contribution in [0.15, 0.2) is 24.3 Å². The summed E-state index contributed by atoms with van der Waals surface area (Å²) < 4.78 is 0. The highest BCUT2D eigenvalue weighted by molar-refractivity contribution is 7.99. The van der Waals surface area contributed by atoms with Gasteiger partial charge in [0.15, 0.2) is 0 Å². The minimum absolute atomic E-state index is 0.278. The molecule has 23 heavy (non-hydrogen) atoms. The molecular weight excluding hydrogens is 318 g/mol. The number of allylic oxidation sites excluding steroid dienone is 4. The molecule has 3 heteroatoms. The average Bonchev–Trinajstić information content (AvgIpc) is 2.60. The van der Waals surface area contributed by atoms with Crippen LogP contribution >= 0.6 is 24.0 Å². The second kappa shape index (κ2) is 8.31. The van der Waals surface area contributed by atoms with Gasteiger partial charge in [0.25, 0.3) is 0 Å². The summed E-state index contributed by atoms with van der Waals surface area (Å²) in [5, 5.41) is 2.98. The van der Waals surface area contributed by atoms with Gasteiger partial charge in [0.2, 0.25) is 0 Å². The normalized spacial score (nSPS) is 41.8. The maximum absolute atomic E-state index is 5.45. The Bertz CT molecular complexity index is 459. The molecule has 3 aliphatic carbocycles. The predicted molar refractivity (Wildman–Crippen MR) is 109 cm³/mol. The lowest BCUT2D eigenvalue weighted by Gasteiger charge is -2.57. The van der Waals surface area contributed by atoms with Crippen molar-refractivity contribution in [3.63, 3.8) is 0 Å². The summed E-state index contributed by atoms with van der Waals surface area (Å²) in [7, 11) is 1.50. The standard InChI is InChI=1S/C19H28S2.CH5N/c1-3-21-17-9-10-19(16-7-5-4-6-8-16)12-15(17)11-18(2,13-19)14-20;1-2/h4-7,14-17H,3,8-13H2,1-2H3;2H2,1H3. The van der Waals surface area contributed by atoms with Crippen LogP contribution in [-0.4, -0.2) is 23.4 Å². The first-order valence-corrected chi connectivity index (χ1v) is 10.6. The average molecular weight is 352 g/mol. The van der Waals surface area contributed by atoms with Gasteiger partial charge < -0.3 is 5.73 Å². The van der Waals surface area contributed by atoms with Gasteiger partial charge in [-0.1, -0.05) is 50.4 Å². The minimum Gasteiger partial charge on any atom is -0.333 e. The fraction of sp³-hybridized carbons (Fsp3) is 0.750. The van der Waals surface area contributed by atoms with E-state index in [4.69, 9.17) is 12.2 Å². The third kappa shape index (κ3) is 4.11. The molecule has 2 saturated carbocycles. The Morgan fingerprint density at radius 3 is 2.70 bits per heavy atom. The van der Waals surface area contributed by atoms with Crippen molar-refractivity contribution in [1.29, 1.82) is 0 Å². The molecule has 3 rings (SSSR count). The molecule has 5 atom stereocenters. The van der Waals surface area contributed by atoms with E-state index in [2.05, 4.69) is 61.0 Å². The quantitative estimate of drug-likeness (QED) is 0.687. The van der Waals surface area contributed by atoms with Crippen molar-refractivity contribution in [3.05, 3.63) is 24.3 Å². The van der Waals surface area contributed by atoms with Crippen LogP contribution in [0.4, 0.5) is 0 Å². The summed E-state index contributed by atoms with van der Waals surface area (Å²) in [6.07, 6.45) is 17.5. The minimum atomic E-state index is 0.278. The van der Waals surface area contributed by atoms with Crippen LogP contribution in [0.3, 0.4) is 0 Å². The van der Waals surface area contributed by atoms with Crippen molar-refractivity contribution < 1.29 is 0 Å². The van der Waals surface area contributed by atoms with Gasteiger partial charge in [0.1, 0.15) is 0 Å². The van der Waals surface area contributed by atoms with Crippen LogP contribution in [0.2, 0.25) is 0 Å². The highest BCUT2D eigenvalue weighted by Crippen LogP contribution is 2.61. The van der Waals surface area contributed by atoms with E-state index in [1.54, 1.807) is 0 Å². The molecule has 2 bridgehead atoms. The smallest absolute Gasteiger partial charge is 0.00759 e.